The number of nitrogens with two attached hydrogens (primary N) is 1. The molecule has 0 saturated carbocycles. The smallest absolute Gasteiger partial charge is 0.258 e. The topological polar surface area (TPSA) is 109 Å². The average Bonchev–Trinajstić information content (AvgIpc) is 3.37. The van der Waals surface area contributed by atoms with Crippen molar-refractivity contribution in [3.63, 3.8) is 0 Å². The highest BCUT2D eigenvalue weighted by molar-refractivity contribution is 5.88. The highest BCUT2D eigenvalue weighted by Gasteiger charge is 2.25. The van der Waals surface area contributed by atoms with Gasteiger partial charge in [-0.15, -0.1) is 0 Å². The Bertz CT molecular complexity index is 1470. The van der Waals surface area contributed by atoms with Gasteiger partial charge in [0, 0.05) is 29.1 Å². The van der Waals surface area contributed by atoms with Crippen LogP contribution in [0, 0.1) is 13.8 Å². The number of aromatic nitrogens is 6. The lowest BCUT2D eigenvalue weighted by molar-refractivity contribution is 0.412. The second kappa shape index (κ2) is 7.51. The zero-order valence-corrected chi connectivity index (χ0v) is 19.3. The first-order valence-electron chi connectivity index (χ1n) is 10.7. The molecule has 0 aliphatic carbocycles. The molecule has 8 nitrogen and oxygen atoms in total. The molecular formula is C25H25N7O. The molecule has 0 atom stereocenters. The van der Waals surface area contributed by atoms with Gasteiger partial charge in [0.25, 0.3) is 5.89 Å². The molecule has 0 saturated heterocycles. The Hall–Kier alpha value is -4.07. The Morgan fingerprint density at radius 3 is 2.30 bits per heavy atom. The average molecular weight is 440 g/mol. The summed E-state index contributed by atoms with van der Waals surface area (Å²) in [4.78, 5) is 17.8. The maximum absolute atomic E-state index is 5.65. The predicted octanol–water partition coefficient (Wildman–Crippen LogP) is 5.16. The van der Waals surface area contributed by atoms with E-state index in [0.29, 0.717) is 11.7 Å². The van der Waals surface area contributed by atoms with Crippen LogP contribution >= 0.6 is 0 Å². The largest absolute Gasteiger partial charge is 0.368 e. The van der Waals surface area contributed by atoms with Crippen molar-refractivity contribution in [3.8, 4) is 34.0 Å². The van der Waals surface area contributed by atoms with Gasteiger partial charge in [-0.1, -0.05) is 22.9 Å². The molecule has 2 aromatic carbocycles. The zero-order valence-electron chi connectivity index (χ0n) is 19.3. The molecule has 33 heavy (non-hydrogen) atoms. The van der Waals surface area contributed by atoms with Gasteiger partial charge in [0.1, 0.15) is 5.82 Å². The molecule has 3 heterocycles. The summed E-state index contributed by atoms with van der Waals surface area (Å²) in [6.07, 6.45) is 3.45. The van der Waals surface area contributed by atoms with Crippen molar-refractivity contribution in [3.05, 3.63) is 60.2 Å². The van der Waals surface area contributed by atoms with E-state index in [0.717, 1.165) is 44.7 Å². The summed E-state index contributed by atoms with van der Waals surface area (Å²) in [6, 6.07) is 12.4. The Morgan fingerprint density at radius 1 is 0.879 bits per heavy atom. The van der Waals surface area contributed by atoms with Crippen LogP contribution in [-0.4, -0.2) is 29.7 Å². The minimum Gasteiger partial charge on any atom is -0.368 e. The van der Waals surface area contributed by atoms with E-state index in [9.17, 15) is 0 Å². The van der Waals surface area contributed by atoms with E-state index in [4.69, 9.17) is 15.2 Å². The maximum atomic E-state index is 5.65. The molecule has 0 radical (unpaired) electrons. The molecule has 2 N–H and O–H groups in total. The summed E-state index contributed by atoms with van der Waals surface area (Å²) in [7, 11) is 0. The van der Waals surface area contributed by atoms with Crippen LogP contribution in [0.2, 0.25) is 0 Å². The summed E-state index contributed by atoms with van der Waals surface area (Å²) in [5.74, 6) is 2.17. The second-order valence-corrected chi connectivity index (χ2v) is 9.17. The Labute approximate surface area is 191 Å². The van der Waals surface area contributed by atoms with Crippen molar-refractivity contribution in [1.82, 2.24) is 29.7 Å². The number of hydrogen-bond acceptors (Lipinski definition) is 7. The molecule has 0 spiro atoms. The summed E-state index contributed by atoms with van der Waals surface area (Å²) < 4.78 is 7.77. The van der Waals surface area contributed by atoms with Gasteiger partial charge in [-0.25, -0.2) is 15.0 Å². The van der Waals surface area contributed by atoms with E-state index in [1.165, 1.54) is 0 Å². The molecule has 166 valence electrons. The fourth-order valence-electron chi connectivity index (χ4n) is 4.04. The first-order valence-corrected chi connectivity index (χ1v) is 10.7. The van der Waals surface area contributed by atoms with E-state index in [1.54, 1.807) is 12.4 Å². The van der Waals surface area contributed by atoms with Crippen LogP contribution in [0.1, 0.15) is 32.2 Å². The minimum absolute atomic E-state index is 0.221. The Morgan fingerprint density at radius 2 is 1.64 bits per heavy atom. The molecule has 0 aliphatic rings. The number of fused-ring (bicyclic) bond motifs is 1. The maximum Gasteiger partial charge on any atom is 0.258 e. The number of anilines is 1. The molecule has 0 amide bonds. The molecular weight excluding hydrogens is 414 g/mol. The van der Waals surface area contributed by atoms with Crippen LogP contribution in [0.5, 0.6) is 0 Å². The van der Waals surface area contributed by atoms with E-state index in [2.05, 4.69) is 76.6 Å². The van der Waals surface area contributed by atoms with Crippen LogP contribution < -0.4 is 5.73 Å². The fourth-order valence-corrected chi connectivity index (χ4v) is 4.04. The van der Waals surface area contributed by atoms with E-state index < -0.39 is 0 Å². The first kappa shape index (κ1) is 20.8. The monoisotopic (exact) mass is 439 g/mol. The highest BCUT2D eigenvalue weighted by atomic mass is 16.5. The van der Waals surface area contributed by atoms with Crippen molar-refractivity contribution in [2.75, 3.05) is 5.73 Å². The SMILES string of the molecule is Cc1ccc(-c2nc(C)no2)c(-c2nc3cc(-c4cnc(N)nc4)ccc3n2C(C)(C)C)c1. The zero-order chi connectivity index (χ0) is 23.3. The standard InChI is InChI=1S/C25H25N7O/c1-14-6-8-18(23-29-15(2)31-33-23)19(10-14)22-30-20-11-16(17-12-27-24(26)28-13-17)7-9-21(20)32(22)25(3,4)5/h6-13H,1-5H3,(H2,26,27,28). The van der Waals surface area contributed by atoms with Crippen LogP contribution in [0.4, 0.5) is 5.95 Å². The van der Waals surface area contributed by atoms with E-state index in [-0.39, 0.29) is 11.5 Å². The van der Waals surface area contributed by atoms with Crippen molar-refractivity contribution in [2.45, 2.75) is 40.2 Å². The van der Waals surface area contributed by atoms with Crippen LogP contribution in [-0.2, 0) is 5.54 Å². The molecule has 3 aromatic heterocycles. The van der Waals surface area contributed by atoms with Gasteiger partial charge in [-0.2, -0.15) is 4.98 Å². The molecule has 0 bridgehead atoms. The van der Waals surface area contributed by atoms with Gasteiger partial charge in [-0.3, -0.25) is 0 Å². The third-order valence-corrected chi connectivity index (χ3v) is 5.50. The first-order chi connectivity index (χ1) is 15.7. The van der Waals surface area contributed by atoms with Gasteiger partial charge in [-0.05, 0) is 64.4 Å². The normalized spacial score (nSPS) is 11.9. The number of benzene rings is 2. The number of nitrogens with zero attached hydrogens (tertiary/aromatic N) is 6. The molecule has 5 aromatic rings. The molecule has 5 rings (SSSR count). The summed E-state index contributed by atoms with van der Waals surface area (Å²) >= 11 is 0. The molecule has 0 aliphatic heterocycles. The van der Waals surface area contributed by atoms with Crippen molar-refractivity contribution < 1.29 is 4.52 Å². The van der Waals surface area contributed by atoms with Gasteiger partial charge in [0.05, 0.1) is 16.6 Å². The summed E-state index contributed by atoms with van der Waals surface area (Å²) in [6.45, 7) is 10.4. The highest BCUT2D eigenvalue weighted by Crippen LogP contribution is 2.37. The van der Waals surface area contributed by atoms with Gasteiger partial charge < -0.3 is 14.8 Å². The van der Waals surface area contributed by atoms with Crippen LogP contribution in [0.15, 0.2) is 53.3 Å². The molecule has 8 heteroatoms. The lowest BCUT2D eigenvalue weighted by atomic mass is 10.0. The van der Waals surface area contributed by atoms with Crippen molar-refractivity contribution in [1.29, 1.82) is 0 Å². The third kappa shape index (κ3) is 3.73. The van der Waals surface area contributed by atoms with Gasteiger partial charge in [0.2, 0.25) is 5.95 Å². The minimum atomic E-state index is -0.221. The van der Waals surface area contributed by atoms with Crippen LogP contribution in [0.3, 0.4) is 0 Å². The number of rotatable bonds is 3. The predicted molar refractivity (Wildman–Crippen MR) is 128 cm³/mol. The van der Waals surface area contributed by atoms with Gasteiger partial charge >= 0.3 is 0 Å². The Kier molecular flexibility index (Phi) is 4.74. The summed E-state index contributed by atoms with van der Waals surface area (Å²) in [5, 5.41) is 3.98. The van der Waals surface area contributed by atoms with Crippen molar-refractivity contribution >= 4 is 17.0 Å². The molecule has 0 fully saturated rings. The number of imidazole rings is 1. The quantitative estimate of drug-likeness (QED) is 0.413. The number of aryl methyl sites for hydroxylation is 2. The Balaban J connectivity index is 1.76. The number of nitrogen functional groups attached to an aromatic ring is 1. The van der Waals surface area contributed by atoms with E-state index in [1.807, 2.05) is 19.1 Å². The summed E-state index contributed by atoms with van der Waals surface area (Å²) in [5.41, 5.74) is 12.1. The fraction of sp³-hybridized carbons (Fsp3) is 0.240. The molecule has 0 unspecified atom stereocenters. The third-order valence-electron chi connectivity index (χ3n) is 5.50. The van der Waals surface area contributed by atoms with Crippen molar-refractivity contribution in [2.24, 2.45) is 0 Å². The lowest BCUT2D eigenvalue weighted by Crippen LogP contribution is -2.22. The lowest BCUT2D eigenvalue weighted by Gasteiger charge is -2.25. The van der Waals surface area contributed by atoms with Gasteiger partial charge in [0.15, 0.2) is 5.82 Å². The van der Waals surface area contributed by atoms with Crippen LogP contribution in [0.25, 0.3) is 45.0 Å². The van der Waals surface area contributed by atoms with E-state index >= 15 is 0 Å². The second-order valence-electron chi connectivity index (χ2n) is 9.17. The number of hydrogen-bond donors (Lipinski definition) is 1.